The molecule has 1 unspecified atom stereocenters. The van der Waals surface area contributed by atoms with Crippen LogP contribution in [0, 0.1) is 0 Å². The van der Waals surface area contributed by atoms with Crippen LogP contribution in [0.4, 0.5) is 5.69 Å². The molecule has 2 amide bonds. The number of nitrogens with two attached hydrogens (primary N) is 2. The van der Waals surface area contributed by atoms with Crippen molar-refractivity contribution in [3.63, 3.8) is 0 Å². The average Bonchev–Trinajstić information content (AvgIpc) is 2.89. The van der Waals surface area contributed by atoms with Crippen molar-refractivity contribution in [2.75, 3.05) is 12.3 Å². The molecule has 0 aliphatic carbocycles. The predicted octanol–water partition coefficient (Wildman–Crippen LogP) is 0.625. The van der Waals surface area contributed by atoms with E-state index in [1.165, 1.54) is 4.90 Å². The van der Waals surface area contributed by atoms with E-state index in [4.69, 9.17) is 11.5 Å². The van der Waals surface area contributed by atoms with Crippen LogP contribution in [0.5, 0.6) is 0 Å². The van der Waals surface area contributed by atoms with Gasteiger partial charge in [-0.15, -0.1) is 0 Å². The first-order chi connectivity index (χ1) is 10.1. The number of carbonyl (C=O) groups excluding carboxylic acids is 2. The summed E-state index contributed by atoms with van der Waals surface area (Å²) in [6.07, 6.45) is 2.36. The molecular weight excluding hydrogens is 270 g/mol. The summed E-state index contributed by atoms with van der Waals surface area (Å²) in [7, 11) is 0. The lowest BCUT2D eigenvalue weighted by Gasteiger charge is -2.33. The summed E-state index contributed by atoms with van der Waals surface area (Å²) in [5.74, 6) is -0.752. The molecule has 1 aliphatic rings. The zero-order chi connectivity index (χ0) is 15.0. The maximum absolute atomic E-state index is 12.7. The van der Waals surface area contributed by atoms with Crippen LogP contribution >= 0.6 is 0 Å². The van der Waals surface area contributed by atoms with Gasteiger partial charge in [-0.05, 0) is 37.5 Å². The molecular formula is C14H17N5O2. The number of benzene rings is 1. The van der Waals surface area contributed by atoms with Crippen molar-refractivity contribution in [3.8, 4) is 0 Å². The third-order valence-corrected chi connectivity index (χ3v) is 3.88. The lowest BCUT2D eigenvalue weighted by atomic mass is 10.0. The van der Waals surface area contributed by atoms with Crippen molar-refractivity contribution in [2.24, 2.45) is 5.73 Å². The maximum Gasteiger partial charge on any atom is 0.275 e. The second-order valence-corrected chi connectivity index (χ2v) is 5.29. The van der Waals surface area contributed by atoms with E-state index in [0.717, 1.165) is 18.4 Å². The van der Waals surface area contributed by atoms with Crippen molar-refractivity contribution in [1.29, 1.82) is 0 Å². The minimum atomic E-state index is -0.556. The molecule has 0 radical (unpaired) electrons. The van der Waals surface area contributed by atoms with Gasteiger partial charge in [-0.2, -0.15) is 5.10 Å². The standard InChI is InChI=1S/C14H17N5O2/c15-8-4-5-10-9(7-8)12(18-17-10)14(21)19-6-2-1-3-11(19)13(16)20/h4-5,7,11H,1-3,6,15H2,(H2,16,20)(H,17,18). The van der Waals surface area contributed by atoms with E-state index in [2.05, 4.69) is 10.2 Å². The second kappa shape index (κ2) is 5.08. The number of primary amides is 1. The highest BCUT2D eigenvalue weighted by atomic mass is 16.2. The molecule has 7 heteroatoms. The topological polar surface area (TPSA) is 118 Å². The van der Waals surface area contributed by atoms with E-state index in [-0.39, 0.29) is 11.6 Å². The van der Waals surface area contributed by atoms with E-state index >= 15 is 0 Å². The summed E-state index contributed by atoms with van der Waals surface area (Å²) in [5.41, 5.74) is 12.7. The van der Waals surface area contributed by atoms with Crippen LogP contribution in [-0.4, -0.2) is 39.5 Å². The number of anilines is 1. The molecule has 0 spiro atoms. The number of rotatable bonds is 2. The first-order valence-corrected chi connectivity index (χ1v) is 6.92. The largest absolute Gasteiger partial charge is 0.399 e. The number of amides is 2. The Morgan fingerprint density at radius 1 is 1.33 bits per heavy atom. The number of aromatic amines is 1. The number of hydrogen-bond acceptors (Lipinski definition) is 4. The van der Waals surface area contributed by atoms with Gasteiger partial charge in [-0.1, -0.05) is 0 Å². The SMILES string of the molecule is NC(=O)C1CCCCN1C(=O)c1n[nH]c2ccc(N)cc12. The van der Waals surface area contributed by atoms with Crippen molar-refractivity contribution in [3.05, 3.63) is 23.9 Å². The molecule has 2 aromatic rings. The van der Waals surface area contributed by atoms with Crippen LogP contribution < -0.4 is 11.5 Å². The molecule has 0 bridgehead atoms. The number of hydrogen-bond donors (Lipinski definition) is 3. The summed E-state index contributed by atoms with van der Waals surface area (Å²) in [5, 5.41) is 7.55. The number of nitrogens with zero attached hydrogens (tertiary/aromatic N) is 2. The first-order valence-electron chi connectivity index (χ1n) is 6.92. The normalized spacial score (nSPS) is 18.9. The number of nitrogen functional groups attached to an aromatic ring is 1. The second-order valence-electron chi connectivity index (χ2n) is 5.29. The van der Waals surface area contributed by atoms with Crippen LogP contribution in [0.15, 0.2) is 18.2 Å². The quantitative estimate of drug-likeness (QED) is 0.702. The number of H-pyrrole nitrogens is 1. The Hall–Kier alpha value is -2.57. The summed E-state index contributed by atoms with van der Waals surface area (Å²) in [4.78, 5) is 25.8. The number of fused-ring (bicyclic) bond motifs is 1. The van der Waals surface area contributed by atoms with Gasteiger partial charge in [0.2, 0.25) is 5.91 Å². The van der Waals surface area contributed by atoms with E-state index in [1.54, 1.807) is 18.2 Å². The van der Waals surface area contributed by atoms with Crippen LogP contribution in [-0.2, 0) is 4.79 Å². The monoisotopic (exact) mass is 287 g/mol. The van der Waals surface area contributed by atoms with Crippen molar-refractivity contribution >= 4 is 28.4 Å². The Kier molecular flexibility index (Phi) is 3.25. The summed E-state index contributed by atoms with van der Waals surface area (Å²) in [6, 6.07) is 4.66. The highest BCUT2D eigenvalue weighted by Gasteiger charge is 2.32. The molecule has 110 valence electrons. The van der Waals surface area contributed by atoms with Gasteiger partial charge in [0.25, 0.3) is 5.91 Å². The lowest BCUT2D eigenvalue weighted by molar-refractivity contribution is -0.123. The Morgan fingerprint density at radius 3 is 2.90 bits per heavy atom. The van der Waals surface area contributed by atoms with E-state index in [0.29, 0.717) is 24.0 Å². The van der Waals surface area contributed by atoms with Gasteiger partial charge in [0.05, 0.1) is 5.52 Å². The maximum atomic E-state index is 12.7. The van der Waals surface area contributed by atoms with Gasteiger partial charge in [-0.3, -0.25) is 14.7 Å². The molecule has 1 fully saturated rings. The Labute approximate surface area is 121 Å². The van der Waals surface area contributed by atoms with Crippen LogP contribution in [0.2, 0.25) is 0 Å². The Balaban J connectivity index is 1.99. The molecule has 3 rings (SSSR count). The molecule has 1 aromatic carbocycles. The predicted molar refractivity (Wildman–Crippen MR) is 78.4 cm³/mol. The fourth-order valence-corrected chi connectivity index (χ4v) is 2.80. The number of likely N-dealkylation sites (tertiary alicyclic amines) is 1. The van der Waals surface area contributed by atoms with Gasteiger partial charge in [-0.25, -0.2) is 0 Å². The van der Waals surface area contributed by atoms with Gasteiger partial charge in [0.1, 0.15) is 6.04 Å². The third kappa shape index (κ3) is 2.31. The lowest BCUT2D eigenvalue weighted by Crippen LogP contribution is -2.50. The zero-order valence-electron chi connectivity index (χ0n) is 11.5. The number of carbonyl (C=O) groups is 2. The molecule has 0 saturated carbocycles. The van der Waals surface area contributed by atoms with Crippen LogP contribution in [0.3, 0.4) is 0 Å². The third-order valence-electron chi connectivity index (χ3n) is 3.88. The molecule has 1 aromatic heterocycles. The van der Waals surface area contributed by atoms with E-state index in [1.807, 2.05) is 0 Å². The van der Waals surface area contributed by atoms with Crippen LogP contribution in [0.1, 0.15) is 29.8 Å². The molecule has 1 atom stereocenters. The van der Waals surface area contributed by atoms with E-state index < -0.39 is 11.9 Å². The fourth-order valence-electron chi connectivity index (χ4n) is 2.80. The summed E-state index contributed by atoms with van der Waals surface area (Å²) in [6.45, 7) is 0.517. The molecule has 1 saturated heterocycles. The minimum absolute atomic E-state index is 0.282. The average molecular weight is 287 g/mol. The summed E-state index contributed by atoms with van der Waals surface area (Å²) < 4.78 is 0. The van der Waals surface area contributed by atoms with Gasteiger partial charge in [0.15, 0.2) is 5.69 Å². The highest BCUT2D eigenvalue weighted by molar-refractivity contribution is 6.06. The highest BCUT2D eigenvalue weighted by Crippen LogP contribution is 2.24. The molecule has 1 aliphatic heterocycles. The fraction of sp³-hybridized carbons (Fsp3) is 0.357. The van der Waals surface area contributed by atoms with Gasteiger partial charge < -0.3 is 16.4 Å². The van der Waals surface area contributed by atoms with Crippen LogP contribution in [0.25, 0.3) is 10.9 Å². The smallest absolute Gasteiger partial charge is 0.275 e. The van der Waals surface area contributed by atoms with Crippen molar-refractivity contribution in [2.45, 2.75) is 25.3 Å². The summed E-state index contributed by atoms with van der Waals surface area (Å²) >= 11 is 0. The van der Waals surface area contributed by atoms with Crippen molar-refractivity contribution in [1.82, 2.24) is 15.1 Å². The van der Waals surface area contributed by atoms with Crippen molar-refractivity contribution < 1.29 is 9.59 Å². The minimum Gasteiger partial charge on any atom is -0.399 e. The van der Waals surface area contributed by atoms with Gasteiger partial charge in [0, 0.05) is 17.6 Å². The van der Waals surface area contributed by atoms with Gasteiger partial charge >= 0.3 is 0 Å². The number of nitrogens with one attached hydrogen (secondary N) is 1. The number of aromatic nitrogens is 2. The zero-order valence-corrected chi connectivity index (χ0v) is 11.5. The first kappa shape index (κ1) is 13.4. The molecule has 7 nitrogen and oxygen atoms in total. The Bertz CT molecular complexity index is 708. The molecule has 2 heterocycles. The molecule has 5 N–H and O–H groups in total. The van der Waals surface area contributed by atoms with E-state index in [9.17, 15) is 9.59 Å². The molecule has 21 heavy (non-hydrogen) atoms. The number of piperidine rings is 1. The Morgan fingerprint density at radius 2 is 2.14 bits per heavy atom.